The van der Waals surface area contributed by atoms with Crippen molar-refractivity contribution < 1.29 is 0 Å². The summed E-state index contributed by atoms with van der Waals surface area (Å²) in [6.07, 6.45) is 0. The summed E-state index contributed by atoms with van der Waals surface area (Å²) in [5.74, 6) is 1.77. The second-order valence-corrected chi connectivity index (χ2v) is 8.98. The van der Waals surface area contributed by atoms with Crippen LogP contribution >= 0.6 is 0 Å². The van der Waals surface area contributed by atoms with E-state index >= 15 is 0 Å². The third-order valence-electron chi connectivity index (χ3n) is 4.64. The number of H-pyrrole nitrogens is 2. The zero-order chi connectivity index (χ0) is 18.7. The minimum Gasteiger partial charge on any atom is -0.340 e. The Morgan fingerprint density at radius 2 is 1.42 bits per heavy atom. The second kappa shape index (κ2) is 5.40. The van der Waals surface area contributed by atoms with Crippen LogP contribution in [0.15, 0.2) is 30.3 Å². The van der Waals surface area contributed by atoms with Gasteiger partial charge in [0.25, 0.3) is 0 Å². The Morgan fingerprint density at radius 1 is 0.731 bits per heavy atom. The van der Waals surface area contributed by atoms with Crippen molar-refractivity contribution in [3.05, 3.63) is 41.7 Å². The fourth-order valence-corrected chi connectivity index (χ4v) is 3.00. The average molecular weight is 347 g/mol. The number of nitrogens with zero attached hydrogens (tertiary/aromatic N) is 3. The number of aromatic nitrogens is 5. The van der Waals surface area contributed by atoms with Gasteiger partial charge in [0.2, 0.25) is 0 Å². The summed E-state index contributed by atoms with van der Waals surface area (Å²) in [4.78, 5) is 20.8. The summed E-state index contributed by atoms with van der Waals surface area (Å²) in [6.45, 7) is 13.0. The summed E-state index contributed by atoms with van der Waals surface area (Å²) < 4.78 is 0. The summed E-state index contributed by atoms with van der Waals surface area (Å²) in [5.41, 5.74) is 5.67. The third-order valence-corrected chi connectivity index (χ3v) is 4.64. The summed E-state index contributed by atoms with van der Waals surface area (Å²) in [6, 6.07) is 10.6. The van der Waals surface area contributed by atoms with E-state index in [1.54, 1.807) is 0 Å². The number of benzene rings is 1. The molecule has 5 nitrogen and oxygen atoms in total. The number of hydrogen-bond donors (Lipinski definition) is 2. The highest BCUT2D eigenvalue weighted by atomic mass is 15.1. The maximum Gasteiger partial charge on any atom is 0.180 e. The summed E-state index contributed by atoms with van der Waals surface area (Å²) >= 11 is 0. The van der Waals surface area contributed by atoms with E-state index in [1.165, 1.54) is 5.56 Å². The van der Waals surface area contributed by atoms with E-state index in [1.807, 2.05) is 6.07 Å². The highest BCUT2D eigenvalue weighted by Crippen LogP contribution is 2.28. The number of nitrogens with one attached hydrogen (secondary N) is 2. The minimum atomic E-state index is -0.0413. The van der Waals surface area contributed by atoms with Crippen LogP contribution in [0, 0.1) is 0 Å². The molecule has 0 amide bonds. The first-order valence-corrected chi connectivity index (χ1v) is 8.99. The molecule has 3 heterocycles. The first kappa shape index (κ1) is 16.8. The van der Waals surface area contributed by atoms with Gasteiger partial charge in [0, 0.05) is 11.0 Å². The van der Waals surface area contributed by atoms with E-state index in [2.05, 4.69) is 85.7 Å². The van der Waals surface area contributed by atoms with E-state index in [-0.39, 0.29) is 10.8 Å². The van der Waals surface area contributed by atoms with Crippen LogP contribution in [0.1, 0.15) is 52.9 Å². The molecule has 0 unspecified atom stereocenters. The van der Waals surface area contributed by atoms with E-state index in [0.29, 0.717) is 11.3 Å². The monoisotopic (exact) mass is 347 g/mol. The summed E-state index contributed by atoms with van der Waals surface area (Å²) in [5, 5.41) is 0. The molecule has 1 aromatic carbocycles. The molecule has 0 radical (unpaired) electrons. The zero-order valence-corrected chi connectivity index (χ0v) is 16.2. The summed E-state index contributed by atoms with van der Waals surface area (Å²) in [7, 11) is 0. The first-order valence-electron chi connectivity index (χ1n) is 8.99. The lowest BCUT2D eigenvalue weighted by atomic mass is 9.86. The van der Waals surface area contributed by atoms with Crippen LogP contribution in [-0.4, -0.2) is 24.9 Å². The first-order chi connectivity index (χ1) is 12.1. The predicted molar refractivity (Wildman–Crippen MR) is 106 cm³/mol. The highest BCUT2D eigenvalue weighted by Gasteiger charge is 2.20. The lowest BCUT2D eigenvalue weighted by Crippen LogP contribution is -2.12. The van der Waals surface area contributed by atoms with Gasteiger partial charge in [0.15, 0.2) is 11.3 Å². The molecule has 0 saturated heterocycles. The topological polar surface area (TPSA) is 70.2 Å². The van der Waals surface area contributed by atoms with Gasteiger partial charge in [-0.1, -0.05) is 59.7 Å². The van der Waals surface area contributed by atoms with Crippen molar-refractivity contribution in [1.29, 1.82) is 0 Å². The van der Waals surface area contributed by atoms with Crippen LogP contribution < -0.4 is 0 Å². The predicted octanol–water partition coefficient (Wildman–Crippen LogP) is 5.10. The Labute approximate surface area is 153 Å². The number of aromatic amines is 2. The average Bonchev–Trinajstić information content (AvgIpc) is 3.14. The minimum absolute atomic E-state index is 0.0413. The maximum atomic E-state index is 4.71. The molecule has 0 aliphatic heterocycles. The molecule has 0 atom stereocenters. The van der Waals surface area contributed by atoms with Gasteiger partial charge in [-0.15, -0.1) is 0 Å². The normalized spacial score (nSPS) is 13.0. The molecule has 26 heavy (non-hydrogen) atoms. The van der Waals surface area contributed by atoms with Gasteiger partial charge in [-0.25, -0.2) is 15.0 Å². The van der Waals surface area contributed by atoms with Gasteiger partial charge < -0.3 is 9.97 Å². The Bertz CT molecular complexity index is 1050. The number of fused-ring (bicyclic) bond motifs is 2. The lowest BCUT2D eigenvalue weighted by molar-refractivity contribution is 0.554. The molecule has 0 aliphatic rings. The van der Waals surface area contributed by atoms with E-state index in [9.17, 15) is 0 Å². The van der Waals surface area contributed by atoms with Crippen molar-refractivity contribution in [2.24, 2.45) is 0 Å². The molecule has 4 aromatic rings. The fraction of sp³-hybridized carbons (Fsp3) is 0.381. The quantitative estimate of drug-likeness (QED) is 0.503. The van der Waals surface area contributed by atoms with E-state index < -0.39 is 0 Å². The SMILES string of the molecule is CC(C)(C)c1cccc(-c2nc3nc4nc(C(C)(C)C)[nH]c4cc3[nH]2)c1. The molecule has 0 saturated carbocycles. The molecule has 134 valence electrons. The molecule has 0 bridgehead atoms. The fourth-order valence-electron chi connectivity index (χ4n) is 3.00. The largest absolute Gasteiger partial charge is 0.340 e. The number of pyridine rings is 1. The van der Waals surface area contributed by atoms with E-state index in [0.717, 1.165) is 28.2 Å². The van der Waals surface area contributed by atoms with Crippen molar-refractivity contribution in [3.63, 3.8) is 0 Å². The molecule has 2 N–H and O–H groups in total. The molecular formula is C21H25N5. The van der Waals surface area contributed by atoms with E-state index in [4.69, 9.17) is 4.98 Å². The molecular weight excluding hydrogens is 322 g/mol. The Hall–Kier alpha value is -2.69. The molecule has 0 aliphatic carbocycles. The Balaban J connectivity index is 1.81. The van der Waals surface area contributed by atoms with Crippen LogP contribution in [0.2, 0.25) is 0 Å². The molecule has 0 spiro atoms. The molecule has 5 heteroatoms. The van der Waals surface area contributed by atoms with Gasteiger partial charge in [-0.3, -0.25) is 0 Å². The van der Waals surface area contributed by atoms with Crippen LogP contribution in [0.4, 0.5) is 0 Å². The maximum absolute atomic E-state index is 4.71. The Morgan fingerprint density at radius 3 is 2.12 bits per heavy atom. The highest BCUT2D eigenvalue weighted by molar-refractivity contribution is 5.87. The van der Waals surface area contributed by atoms with Crippen LogP contribution in [0.25, 0.3) is 33.7 Å². The zero-order valence-electron chi connectivity index (χ0n) is 16.2. The van der Waals surface area contributed by atoms with Gasteiger partial charge >= 0.3 is 0 Å². The molecule has 3 aromatic heterocycles. The van der Waals surface area contributed by atoms with Crippen molar-refractivity contribution in [3.8, 4) is 11.4 Å². The standard InChI is InChI=1S/C21H25N5/c1-20(2,3)13-9-7-8-12(10-13)16-22-14-11-15-18(25-17(14)24-16)26-19(23-15)21(4,5)6/h7-11H,1-6H3,(H2,22,23,24,25,26). The Kier molecular flexibility index (Phi) is 3.48. The number of rotatable bonds is 1. The van der Waals surface area contributed by atoms with Crippen LogP contribution in [-0.2, 0) is 10.8 Å². The van der Waals surface area contributed by atoms with Crippen LogP contribution in [0.3, 0.4) is 0 Å². The van der Waals surface area contributed by atoms with Gasteiger partial charge in [-0.2, -0.15) is 0 Å². The number of imidazole rings is 2. The van der Waals surface area contributed by atoms with Gasteiger partial charge in [-0.05, 0) is 23.1 Å². The third kappa shape index (κ3) is 2.87. The van der Waals surface area contributed by atoms with Gasteiger partial charge in [0.05, 0.1) is 11.0 Å². The van der Waals surface area contributed by atoms with Crippen molar-refractivity contribution in [1.82, 2.24) is 24.9 Å². The smallest absolute Gasteiger partial charge is 0.180 e. The van der Waals surface area contributed by atoms with Crippen molar-refractivity contribution in [2.75, 3.05) is 0 Å². The van der Waals surface area contributed by atoms with Crippen molar-refractivity contribution >= 4 is 22.3 Å². The molecule has 0 fully saturated rings. The number of hydrogen-bond acceptors (Lipinski definition) is 3. The lowest BCUT2D eigenvalue weighted by Gasteiger charge is -2.19. The van der Waals surface area contributed by atoms with Gasteiger partial charge in [0.1, 0.15) is 11.6 Å². The second-order valence-electron chi connectivity index (χ2n) is 8.98. The van der Waals surface area contributed by atoms with Crippen LogP contribution in [0.5, 0.6) is 0 Å². The molecule has 4 rings (SSSR count). The van der Waals surface area contributed by atoms with Crippen molar-refractivity contribution in [2.45, 2.75) is 52.4 Å².